The van der Waals surface area contributed by atoms with Gasteiger partial charge >= 0.3 is 0 Å². The Morgan fingerprint density at radius 1 is 0.590 bits per heavy atom. The molecule has 8 rings (SSSR count). The van der Waals surface area contributed by atoms with Gasteiger partial charge in [-0.1, -0.05) is 60.1 Å². The summed E-state index contributed by atoms with van der Waals surface area (Å²) in [4.78, 5) is 0. The van der Waals surface area contributed by atoms with Gasteiger partial charge in [-0.05, 0) is 106 Å². The lowest BCUT2D eigenvalue weighted by atomic mass is 9.38. The maximum absolute atomic E-state index is 12.7. The van der Waals surface area contributed by atoms with Crippen LogP contribution in [0.25, 0.3) is 0 Å². The Morgan fingerprint density at radius 2 is 1.09 bits per heavy atom. The van der Waals surface area contributed by atoms with Gasteiger partial charge in [-0.25, -0.2) is 0 Å². The van der Waals surface area contributed by atoms with Crippen molar-refractivity contribution in [3.05, 3.63) is 11.6 Å². The zero-order valence-electron chi connectivity index (χ0n) is 46.6. The van der Waals surface area contributed by atoms with Crippen molar-refractivity contribution in [2.24, 2.45) is 45.3 Å². The molecule has 0 aromatic heterocycles. The molecule has 4 aliphatic carbocycles. The number of aliphatic hydroxyl groups is 15. The van der Waals surface area contributed by atoms with Gasteiger partial charge in [0.2, 0.25) is 0 Å². The molecule has 4 saturated heterocycles. The molecule has 452 valence electrons. The molecule has 0 bridgehead atoms. The summed E-state index contributed by atoms with van der Waals surface area (Å²) in [5, 5.41) is 163. The smallest absolute Gasteiger partial charge is 0.187 e. The first kappa shape index (κ1) is 62.9. The van der Waals surface area contributed by atoms with Crippen LogP contribution in [-0.2, 0) is 37.9 Å². The predicted octanol–water partition coefficient (Wildman–Crippen LogP) is -1.81. The molecular formula is C55H94O23. The molecule has 0 spiro atoms. The maximum Gasteiger partial charge on any atom is 0.187 e. The fourth-order valence-corrected chi connectivity index (χ4v) is 15.9. The van der Waals surface area contributed by atoms with Crippen LogP contribution in [0.15, 0.2) is 11.6 Å². The standard InChI is InChI=1S/C55H94O23/c1-10-27-35(60)38(63)43(68)48(71-27)77-45-30(22-58)74-49(44(69)41(45)66)78-46-40(65)37(62)29(21-57)73-50(46)76-34(52(5,6)70)15-11-23(2)24-17-18-53(7)31-14-12-25-26(55(31,9)32(59)19-54(24,53)8)13-16-33(51(25,3)4)75-47-42(67)39(64)36(61)28(20-56)72-47/h12,23-24,26-50,56-70H,10-11,13-22H2,1-9H3/t23-,24?,26?,27-,28-,29-,30-,31?,32-,33+,34-,35-,36-,37-,38+,39+,40+,41-,42-,43-,44-,45-,46-,47+,48+,49+,50+,53+,54-,55+/m1/s1. The molecule has 78 heavy (non-hydrogen) atoms. The third-order valence-corrected chi connectivity index (χ3v) is 21.0. The highest BCUT2D eigenvalue weighted by Gasteiger charge is 2.70. The Labute approximate surface area is 457 Å². The summed E-state index contributed by atoms with van der Waals surface area (Å²) in [6, 6.07) is 0. The van der Waals surface area contributed by atoms with Crippen LogP contribution in [-0.4, -0.2) is 243 Å². The second-order valence-electron chi connectivity index (χ2n) is 26.1. The molecule has 4 aliphatic heterocycles. The van der Waals surface area contributed by atoms with Crippen molar-refractivity contribution in [1.82, 2.24) is 0 Å². The van der Waals surface area contributed by atoms with Crippen molar-refractivity contribution in [3.8, 4) is 0 Å². The van der Waals surface area contributed by atoms with Gasteiger partial charge in [-0.3, -0.25) is 0 Å². The summed E-state index contributed by atoms with van der Waals surface area (Å²) in [5.74, 6) is 0.331. The average Bonchev–Trinajstić information content (AvgIpc) is 2.48. The second-order valence-corrected chi connectivity index (χ2v) is 26.1. The summed E-state index contributed by atoms with van der Waals surface area (Å²) in [5.41, 5.74) is -1.91. The first-order chi connectivity index (χ1) is 36.5. The molecule has 4 heterocycles. The molecular weight excluding hydrogens is 1030 g/mol. The van der Waals surface area contributed by atoms with Crippen LogP contribution in [0.5, 0.6) is 0 Å². The van der Waals surface area contributed by atoms with E-state index in [1.165, 1.54) is 5.57 Å². The molecule has 15 N–H and O–H groups in total. The van der Waals surface area contributed by atoms with Gasteiger partial charge in [0.05, 0.1) is 49.8 Å². The SMILES string of the molecule is CC[C@H]1O[C@@H](O[C@H]2[C@H](O)[C@@H](O)[C@H](O[C@H]3[C@H](O[C@H](CC[C@@H](C)C4CC[C@@]5(C)C6CC=C7C(CC[C@H](O[C@@H]8O[C@H](CO)[C@@H](O)[C@H](O)[C@H]8O)C7(C)C)[C@]6(C)[C@H](O)C[C@]45C)C(C)(C)O)O[C@H](CO)[C@@H](O)[C@@H]3O)O[C@@H]2CO)[C@H](O)[C@@H](O)[C@@H]1O. The van der Waals surface area contributed by atoms with Crippen LogP contribution in [0.2, 0.25) is 0 Å². The van der Waals surface area contributed by atoms with E-state index in [-0.39, 0.29) is 47.3 Å². The van der Waals surface area contributed by atoms with E-state index >= 15 is 0 Å². The predicted molar refractivity (Wildman–Crippen MR) is 271 cm³/mol. The van der Waals surface area contributed by atoms with E-state index in [4.69, 9.17) is 37.9 Å². The van der Waals surface area contributed by atoms with Gasteiger partial charge in [0, 0.05) is 10.8 Å². The van der Waals surface area contributed by atoms with Crippen molar-refractivity contribution in [2.45, 2.75) is 267 Å². The van der Waals surface area contributed by atoms with Crippen molar-refractivity contribution in [2.75, 3.05) is 19.8 Å². The van der Waals surface area contributed by atoms with E-state index in [0.29, 0.717) is 25.7 Å². The minimum Gasteiger partial charge on any atom is -0.394 e. The van der Waals surface area contributed by atoms with Crippen LogP contribution in [0.4, 0.5) is 0 Å². The Morgan fingerprint density at radius 3 is 1.67 bits per heavy atom. The zero-order chi connectivity index (χ0) is 57.5. The molecule has 8 aliphatic rings. The molecule has 0 aromatic carbocycles. The lowest BCUT2D eigenvalue weighted by Crippen LogP contribution is -2.66. The Hall–Kier alpha value is -1.18. The lowest BCUT2D eigenvalue weighted by molar-refractivity contribution is -0.388. The molecule has 0 radical (unpaired) electrons. The number of allylic oxidation sites excluding steroid dienone is 1. The highest BCUT2D eigenvalue weighted by atomic mass is 16.8. The van der Waals surface area contributed by atoms with Gasteiger partial charge in [0.15, 0.2) is 25.2 Å². The molecule has 7 fully saturated rings. The molecule has 23 heteroatoms. The highest BCUT2D eigenvalue weighted by molar-refractivity contribution is 5.32. The van der Waals surface area contributed by atoms with Crippen LogP contribution >= 0.6 is 0 Å². The van der Waals surface area contributed by atoms with E-state index in [0.717, 1.165) is 19.3 Å². The fraction of sp³-hybridized carbons (Fsp3) is 0.964. The molecule has 30 atom stereocenters. The summed E-state index contributed by atoms with van der Waals surface area (Å²) in [7, 11) is 0. The largest absolute Gasteiger partial charge is 0.394 e. The minimum absolute atomic E-state index is 0.0240. The average molecular weight is 1120 g/mol. The van der Waals surface area contributed by atoms with Gasteiger partial charge in [0.1, 0.15) is 91.6 Å². The first-order valence-electron chi connectivity index (χ1n) is 28.4. The van der Waals surface area contributed by atoms with E-state index in [1.807, 2.05) is 0 Å². The van der Waals surface area contributed by atoms with Crippen molar-refractivity contribution < 1.29 is 114 Å². The van der Waals surface area contributed by atoms with Gasteiger partial charge in [0.25, 0.3) is 0 Å². The topological polar surface area (TPSA) is 377 Å². The number of ether oxygens (including phenoxy) is 8. The first-order valence-corrected chi connectivity index (χ1v) is 28.4. The molecule has 0 amide bonds. The minimum atomic E-state index is -1.97. The number of rotatable bonds is 17. The van der Waals surface area contributed by atoms with Crippen LogP contribution in [0, 0.1) is 45.3 Å². The Bertz CT molecular complexity index is 2020. The van der Waals surface area contributed by atoms with Crippen LogP contribution in [0.3, 0.4) is 0 Å². The number of hydrogen-bond donors (Lipinski definition) is 15. The van der Waals surface area contributed by atoms with Crippen molar-refractivity contribution in [3.63, 3.8) is 0 Å². The third kappa shape index (κ3) is 10.9. The van der Waals surface area contributed by atoms with Gasteiger partial charge in [-0.2, -0.15) is 0 Å². The highest BCUT2D eigenvalue weighted by Crippen LogP contribution is 2.75. The van der Waals surface area contributed by atoms with Gasteiger partial charge in [-0.15, -0.1) is 0 Å². The molecule has 3 saturated carbocycles. The maximum atomic E-state index is 12.7. The zero-order valence-corrected chi connectivity index (χ0v) is 46.6. The molecule has 3 unspecified atom stereocenters. The van der Waals surface area contributed by atoms with Crippen LogP contribution < -0.4 is 0 Å². The quantitative estimate of drug-likeness (QED) is 0.0714. The van der Waals surface area contributed by atoms with Crippen molar-refractivity contribution in [1.29, 1.82) is 0 Å². The molecule has 0 aromatic rings. The normalized spacial score (nSPS) is 51.4. The monoisotopic (exact) mass is 1120 g/mol. The van der Waals surface area contributed by atoms with E-state index in [2.05, 4.69) is 47.6 Å². The number of hydrogen-bond acceptors (Lipinski definition) is 23. The van der Waals surface area contributed by atoms with E-state index in [1.54, 1.807) is 20.8 Å². The van der Waals surface area contributed by atoms with Crippen molar-refractivity contribution >= 4 is 0 Å². The Balaban J connectivity index is 0.951. The second kappa shape index (κ2) is 23.7. The summed E-state index contributed by atoms with van der Waals surface area (Å²) < 4.78 is 48.1. The summed E-state index contributed by atoms with van der Waals surface area (Å²) in [6.45, 7) is 15.9. The van der Waals surface area contributed by atoms with Gasteiger partial charge < -0.3 is 114 Å². The molecule has 23 nitrogen and oxygen atoms in total. The number of aliphatic hydroxyl groups excluding tert-OH is 14. The summed E-state index contributed by atoms with van der Waals surface area (Å²) >= 11 is 0. The van der Waals surface area contributed by atoms with E-state index < -0.39 is 177 Å². The fourth-order valence-electron chi connectivity index (χ4n) is 15.9. The lowest BCUT2D eigenvalue weighted by Gasteiger charge is -2.67. The Kier molecular flexibility index (Phi) is 19.1. The summed E-state index contributed by atoms with van der Waals surface area (Å²) in [6.07, 6.45) is -25.9. The third-order valence-electron chi connectivity index (χ3n) is 21.0. The number of fused-ring (bicyclic) bond motifs is 5. The van der Waals surface area contributed by atoms with E-state index in [9.17, 15) is 76.6 Å². The van der Waals surface area contributed by atoms with Crippen LogP contribution in [0.1, 0.15) is 120 Å².